The van der Waals surface area contributed by atoms with Crippen molar-refractivity contribution in [3.8, 4) is 11.3 Å². The standard InChI is InChI=1S/C16H15FN2O2/c1-16(2,21)11-5-3-10(4-6-11)13-9-19-8-12(17)7-14(19)15(20)18-13/h3-9,21H,1-2H3,(H,18,20). The second kappa shape index (κ2) is 4.56. The number of nitrogens with zero attached hydrogens (tertiary/aromatic N) is 1. The smallest absolute Gasteiger partial charge is 0.272 e. The van der Waals surface area contributed by atoms with Crippen LogP contribution in [0.3, 0.4) is 0 Å². The molecule has 0 aliphatic heterocycles. The Bertz CT molecular complexity index is 855. The number of nitrogens with one attached hydrogen (secondary N) is 1. The molecule has 0 saturated carbocycles. The molecule has 0 bridgehead atoms. The molecule has 0 spiro atoms. The summed E-state index contributed by atoms with van der Waals surface area (Å²) in [6.07, 6.45) is 2.93. The third-order valence-corrected chi connectivity index (χ3v) is 3.47. The highest BCUT2D eigenvalue weighted by molar-refractivity contribution is 5.61. The molecule has 1 aromatic carbocycles. The molecule has 5 heteroatoms. The van der Waals surface area contributed by atoms with Gasteiger partial charge in [-0.3, -0.25) is 4.79 Å². The third kappa shape index (κ3) is 2.48. The molecule has 0 aliphatic carbocycles. The Morgan fingerprint density at radius 3 is 2.48 bits per heavy atom. The molecule has 0 aliphatic rings. The molecule has 2 heterocycles. The number of halogens is 1. The van der Waals surface area contributed by atoms with Crippen LogP contribution in [0.5, 0.6) is 0 Å². The number of benzene rings is 1. The predicted molar refractivity (Wildman–Crippen MR) is 78.7 cm³/mol. The third-order valence-electron chi connectivity index (χ3n) is 3.47. The van der Waals surface area contributed by atoms with E-state index in [-0.39, 0.29) is 11.1 Å². The topological polar surface area (TPSA) is 57.5 Å². The fraction of sp³-hybridized carbons (Fsp3) is 0.188. The Balaban J connectivity index is 2.10. The number of aromatic nitrogens is 2. The Morgan fingerprint density at radius 2 is 1.86 bits per heavy atom. The number of aliphatic hydroxyl groups is 1. The number of aromatic amines is 1. The number of hydrogen-bond acceptors (Lipinski definition) is 2. The van der Waals surface area contributed by atoms with E-state index in [4.69, 9.17) is 0 Å². The van der Waals surface area contributed by atoms with Gasteiger partial charge in [0.25, 0.3) is 5.56 Å². The van der Waals surface area contributed by atoms with Crippen LogP contribution in [0.4, 0.5) is 4.39 Å². The van der Waals surface area contributed by atoms with Gasteiger partial charge < -0.3 is 14.5 Å². The van der Waals surface area contributed by atoms with Crippen LogP contribution in [-0.2, 0) is 5.60 Å². The Labute approximate surface area is 120 Å². The van der Waals surface area contributed by atoms with Gasteiger partial charge in [-0.15, -0.1) is 0 Å². The average molecular weight is 286 g/mol. The summed E-state index contributed by atoms with van der Waals surface area (Å²) in [5, 5.41) is 9.94. The minimum absolute atomic E-state index is 0.268. The predicted octanol–water partition coefficient (Wildman–Crippen LogP) is 2.66. The van der Waals surface area contributed by atoms with Crippen molar-refractivity contribution in [2.75, 3.05) is 0 Å². The zero-order valence-corrected chi connectivity index (χ0v) is 11.7. The summed E-state index contributed by atoms with van der Waals surface area (Å²) in [6, 6.07) is 8.41. The molecule has 2 N–H and O–H groups in total. The van der Waals surface area contributed by atoms with E-state index in [1.54, 1.807) is 32.2 Å². The summed E-state index contributed by atoms with van der Waals surface area (Å²) in [7, 11) is 0. The van der Waals surface area contributed by atoms with Crippen LogP contribution in [-0.4, -0.2) is 14.5 Å². The number of rotatable bonds is 2. The van der Waals surface area contributed by atoms with Crippen molar-refractivity contribution in [3.05, 3.63) is 64.5 Å². The van der Waals surface area contributed by atoms with Crippen molar-refractivity contribution in [2.45, 2.75) is 19.4 Å². The summed E-state index contributed by atoms with van der Waals surface area (Å²) in [6.45, 7) is 3.41. The van der Waals surface area contributed by atoms with Crippen molar-refractivity contribution in [1.29, 1.82) is 0 Å². The van der Waals surface area contributed by atoms with Gasteiger partial charge in [-0.1, -0.05) is 24.3 Å². The molecule has 108 valence electrons. The maximum Gasteiger partial charge on any atom is 0.272 e. The van der Waals surface area contributed by atoms with Crippen molar-refractivity contribution in [2.24, 2.45) is 0 Å². The lowest BCUT2D eigenvalue weighted by Crippen LogP contribution is -2.15. The molecule has 0 saturated heterocycles. The number of H-pyrrole nitrogens is 1. The maximum atomic E-state index is 13.2. The van der Waals surface area contributed by atoms with E-state index in [1.807, 2.05) is 12.1 Å². The molecular weight excluding hydrogens is 271 g/mol. The Morgan fingerprint density at radius 1 is 1.19 bits per heavy atom. The highest BCUT2D eigenvalue weighted by Gasteiger charge is 2.15. The first kappa shape index (κ1) is 13.6. The van der Waals surface area contributed by atoms with Crippen LogP contribution >= 0.6 is 0 Å². The van der Waals surface area contributed by atoms with E-state index in [1.165, 1.54) is 16.7 Å². The molecule has 0 radical (unpaired) electrons. The van der Waals surface area contributed by atoms with Gasteiger partial charge in [0.05, 0.1) is 11.3 Å². The fourth-order valence-electron chi connectivity index (χ4n) is 2.30. The molecule has 0 atom stereocenters. The van der Waals surface area contributed by atoms with Gasteiger partial charge in [-0.2, -0.15) is 0 Å². The molecule has 2 aromatic heterocycles. The number of fused-ring (bicyclic) bond motifs is 1. The van der Waals surface area contributed by atoms with Crippen LogP contribution in [0.1, 0.15) is 19.4 Å². The summed E-state index contributed by atoms with van der Waals surface area (Å²) in [4.78, 5) is 14.7. The zero-order valence-electron chi connectivity index (χ0n) is 11.7. The highest BCUT2D eigenvalue weighted by Crippen LogP contribution is 2.23. The van der Waals surface area contributed by atoms with E-state index in [0.717, 1.165) is 11.1 Å². The SMILES string of the molecule is CC(C)(O)c1ccc(-c2cn3cc(F)cc3c(=O)[nH]2)cc1. The van der Waals surface area contributed by atoms with Crippen LogP contribution in [0.15, 0.2) is 47.5 Å². The first-order valence-electron chi connectivity index (χ1n) is 6.58. The maximum absolute atomic E-state index is 13.2. The van der Waals surface area contributed by atoms with Crippen molar-refractivity contribution in [3.63, 3.8) is 0 Å². The first-order chi connectivity index (χ1) is 9.84. The first-order valence-corrected chi connectivity index (χ1v) is 6.58. The Hall–Kier alpha value is -2.40. The van der Waals surface area contributed by atoms with Gasteiger partial charge in [-0.25, -0.2) is 4.39 Å². The van der Waals surface area contributed by atoms with Crippen LogP contribution in [0.25, 0.3) is 16.8 Å². The fourth-order valence-corrected chi connectivity index (χ4v) is 2.30. The van der Waals surface area contributed by atoms with Gasteiger partial charge >= 0.3 is 0 Å². The van der Waals surface area contributed by atoms with E-state index in [2.05, 4.69) is 4.98 Å². The lowest BCUT2D eigenvalue weighted by Gasteiger charge is -2.17. The average Bonchev–Trinajstić information content (AvgIpc) is 2.79. The van der Waals surface area contributed by atoms with E-state index >= 15 is 0 Å². The quantitative estimate of drug-likeness (QED) is 0.761. The monoisotopic (exact) mass is 286 g/mol. The van der Waals surface area contributed by atoms with Gasteiger partial charge in [-0.05, 0) is 25.0 Å². The molecule has 3 rings (SSSR count). The Kier molecular flexibility index (Phi) is 2.95. The van der Waals surface area contributed by atoms with Gasteiger partial charge in [0.2, 0.25) is 0 Å². The normalized spacial score (nSPS) is 12.0. The summed E-state index contributed by atoms with van der Waals surface area (Å²) in [5.74, 6) is -0.449. The van der Waals surface area contributed by atoms with E-state index in [9.17, 15) is 14.3 Å². The zero-order chi connectivity index (χ0) is 15.2. The summed E-state index contributed by atoms with van der Waals surface area (Å²) in [5.41, 5.74) is 1.16. The van der Waals surface area contributed by atoms with Crippen molar-refractivity contribution >= 4 is 5.52 Å². The molecular formula is C16H15FN2O2. The second-order valence-corrected chi connectivity index (χ2v) is 5.58. The second-order valence-electron chi connectivity index (χ2n) is 5.58. The van der Waals surface area contributed by atoms with Gasteiger partial charge in [0.15, 0.2) is 0 Å². The van der Waals surface area contributed by atoms with Gasteiger partial charge in [0.1, 0.15) is 11.3 Å². The number of hydrogen-bond donors (Lipinski definition) is 2. The van der Waals surface area contributed by atoms with Crippen molar-refractivity contribution < 1.29 is 9.50 Å². The van der Waals surface area contributed by atoms with E-state index in [0.29, 0.717) is 5.69 Å². The van der Waals surface area contributed by atoms with Crippen LogP contribution in [0.2, 0.25) is 0 Å². The molecule has 0 unspecified atom stereocenters. The van der Waals surface area contributed by atoms with Crippen molar-refractivity contribution in [1.82, 2.24) is 9.38 Å². The minimum Gasteiger partial charge on any atom is -0.386 e. The minimum atomic E-state index is -0.917. The molecule has 0 amide bonds. The van der Waals surface area contributed by atoms with E-state index < -0.39 is 11.4 Å². The lowest BCUT2D eigenvalue weighted by molar-refractivity contribution is 0.0786. The largest absolute Gasteiger partial charge is 0.386 e. The summed E-state index contributed by atoms with van der Waals surface area (Å²) < 4.78 is 14.7. The molecule has 4 nitrogen and oxygen atoms in total. The lowest BCUT2D eigenvalue weighted by atomic mass is 9.97. The highest BCUT2D eigenvalue weighted by atomic mass is 19.1. The molecule has 0 fully saturated rings. The molecule has 21 heavy (non-hydrogen) atoms. The summed E-state index contributed by atoms with van der Waals surface area (Å²) >= 11 is 0. The van der Waals surface area contributed by atoms with Crippen LogP contribution < -0.4 is 5.56 Å². The molecule has 3 aromatic rings. The van der Waals surface area contributed by atoms with Gasteiger partial charge in [0, 0.05) is 18.5 Å². The van der Waals surface area contributed by atoms with Crippen LogP contribution in [0, 0.1) is 5.82 Å².